The molecule has 1 aliphatic heterocycles. The zero-order chi connectivity index (χ0) is 8.97. The summed E-state index contributed by atoms with van der Waals surface area (Å²) in [5.74, 6) is 4.96. The zero-order valence-corrected chi connectivity index (χ0v) is 7.55. The molecule has 70 valence electrons. The molecule has 0 bridgehead atoms. The molecule has 0 saturated carbocycles. The minimum atomic E-state index is -0.0613. The van der Waals surface area contributed by atoms with Gasteiger partial charge in [0, 0.05) is 12.5 Å². The molecule has 1 saturated heterocycles. The van der Waals surface area contributed by atoms with E-state index in [1.165, 1.54) is 12.8 Å². The van der Waals surface area contributed by atoms with Crippen LogP contribution in [-0.2, 0) is 4.79 Å². The predicted molar refractivity (Wildman–Crippen MR) is 47.2 cm³/mol. The molecule has 0 aromatic carbocycles. The summed E-state index contributed by atoms with van der Waals surface area (Å²) >= 11 is 0. The molecule has 1 fully saturated rings. The summed E-state index contributed by atoms with van der Waals surface area (Å²) in [4.78, 5) is 13.2. The van der Waals surface area contributed by atoms with Gasteiger partial charge in [0.25, 0.3) is 0 Å². The third kappa shape index (κ3) is 2.46. The van der Waals surface area contributed by atoms with Crippen molar-refractivity contribution in [2.45, 2.75) is 31.7 Å². The quantitative estimate of drug-likeness (QED) is 0.345. The summed E-state index contributed by atoms with van der Waals surface area (Å²) in [6.07, 6.45) is 4.13. The van der Waals surface area contributed by atoms with Gasteiger partial charge in [-0.15, -0.1) is 0 Å². The molecule has 1 atom stereocenters. The Morgan fingerprint density at radius 1 is 1.67 bits per heavy atom. The van der Waals surface area contributed by atoms with Crippen LogP contribution in [0.2, 0.25) is 0 Å². The van der Waals surface area contributed by atoms with E-state index >= 15 is 0 Å². The summed E-state index contributed by atoms with van der Waals surface area (Å²) in [6.45, 7) is 1.10. The second-order valence-corrected chi connectivity index (χ2v) is 3.40. The van der Waals surface area contributed by atoms with Crippen LogP contribution in [-0.4, -0.2) is 30.4 Å². The fourth-order valence-corrected chi connectivity index (χ4v) is 1.67. The highest BCUT2D eigenvalue weighted by Gasteiger charge is 2.20. The highest BCUT2D eigenvalue weighted by Crippen LogP contribution is 2.17. The molecule has 1 rings (SSSR count). The van der Waals surface area contributed by atoms with Crippen molar-refractivity contribution in [2.75, 3.05) is 13.6 Å². The summed E-state index contributed by atoms with van der Waals surface area (Å²) in [5, 5.41) is 0. The number of carbonyl (C=O) groups is 1. The van der Waals surface area contributed by atoms with E-state index in [0.717, 1.165) is 13.0 Å². The minimum absolute atomic E-state index is 0.0613. The van der Waals surface area contributed by atoms with Gasteiger partial charge in [-0.2, -0.15) is 0 Å². The monoisotopic (exact) mass is 171 g/mol. The van der Waals surface area contributed by atoms with Crippen molar-refractivity contribution in [3.63, 3.8) is 0 Å². The van der Waals surface area contributed by atoms with Crippen LogP contribution in [0.1, 0.15) is 25.7 Å². The van der Waals surface area contributed by atoms with Gasteiger partial charge in [0.1, 0.15) is 0 Å². The Hall–Kier alpha value is -0.610. The van der Waals surface area contributed by atoms with Crippen LogP contribution in [0.25, 0.3) is 0 Å². The molecule has 0 unspecified atom stereocenters. The van der Waals surface area contributed by atoms with Gasteiger partial charge < -0.3 is 4.90 Å². The van der Waals surface area contributed by atoms with Crippen molar-refractivity contribution in [1.82, 2.24) is 10.3 Å². The highest BCUT2D eigenvalue weighted by atomic mass is 16.2. The first-order valence-corrected chi connectivity index (χ1v) is 4.43. The van der Waals surface area contributed by atoms with Crippen LogP contribution in [0.3, 0.4) is 0 Å². The molecule has 4 heteroatoms. The van der Waals surface area contributed by atoms with Crippen molar-refractivity contribution in [2.24, 2.45) is 5.84 Å². The molecule has 0 aromatic heterocycles. The second kappa shape index (κ2) is 4.42. The summed E-state index contributed by atoms with van der Waals surface area (Å²) in [6, 6.07) is 0.391. The van der Waals surface area contributed by atoms with E-state index < -0.39 is 0 Å². The SMILES string of the molecule is CN1CCCC[C@@H]1CC(=O)NN. The van der Waals surface area contributed by atoms with Gasteiger partial charge in [0.15, 0.2) is 0 Å². The largest absolute Gasteiger partial charge is 0.303 e. The molecule has 1 heterocycles. The average Bonchev–Trinajstić information content (AvgIpc) is 2.09. The fraction of sp³-hybridized carbons (Fsp3) is 0.875. The standard InChI is InChI=1S/C8H17N3O/c1-11-5-3-2-4-7(11)6-8(12)10-9/h7H,2-6,9H2,1H3,(H,10,12)/t7-/m1/s1. The Bertz CT molecular complexity index is 160. The lowest BCUT2D eigenvalue weighted by Gasteiger charge is -2.31. The average molecular weight is 171 g/mol. The van der Waals surface area contributed by atoms with Crippen molar-refractivity contribution in [1.29, 1.82) is 0 Å². The number of likely N-dealkylation sites (tertiary alicyclic amines) is 1. The normalized spacial score (nSPS) is 25.3. The molecule has 3 N–H and O–H groups in total. The molecule has 0 aromatic rings. The number of amides is 1. The Balaban J connectivity index is 2.33. The van der Waals surface area contributed by atoms with Gasteiger partial charge in [0.05, 0.1) is 0 Å². The van der Waals surface area contributed by atoms with Crippen LogP contribution in [0, 0.1) is 0 Å². The van der Waals surface area contributed by atoms with Crippen molar-refractivity contribution >= 4 is 5.91 Å². The van der Waals surface area contributed by atoms with E-state index in [-0.39, 0.29) is 5.91 Å². The molecular formula is C8H17N3O. The van der Waals surface area contributed by atoms with Crippen LogP contribution in [0.4, 0.5) is 0 Å². The van der Waals surface area contributed by atoms with Crippen molar-refractivity contribution in [3.05, 3.63) is 0 Å². The van der Waals surface area contributed by atoms with E-state index in [4.69, 9.17) is 5.84 Å². The Kier molecular flexibility index (Phi) is 3.49. The van der Waals surface area contributed by atoms with E-state index in [1.807, 2.05) is 0 Å². The second-order valence-electron chi connectivity index (χ2n) is 3.40. The Labute approximate surface area is 73.1 Å². The first-order valence-electron chi connectivity index (χ1n) is 4.43. The number of nitrogens with two attached hydrogens (primary N) is 1. The molecule has 0 radical (unpaired) electrons. The molecule has 1 aliphatic rings. The van der Waals surface area contributed by atoms with Crippen molar-refractivity contribution in [3.8, 4) is 0 Å². The molecule has 0 aliphatic carbocycles. The lowest BCUT2D eigenvalue weighted by atomic mass is 10.00. The van der Waals surface area contributed by atoms with Gasteiger partial charge in [-0.25, -0.2) is 5.84 Å². The number of nitrogens with one attached hydrogen (secondary N) is 1. The maximum atomic E-state index is 11.0. The summed E-state index contributed by atoms with van der Waals surface area (Å²) in [5.41, 5.74) is 2.17. The van der Waals surface area contributed by atoms with Crippen LogP contribution in [0.5, 0.6) is 0 Å². The first kappa shape index (κ1) is 9.48. The fourth-order valence-electron chi connectivity index (χ4n) is 1.67. The number of nitrogens with zero attached hydrogens (tertiary/aromatic N) is 1. The maximum absolute atomic E-state index is 11.0. The molecule has 0 spiro atoms. The lowest BCUT2D eigenvalue weighted by molar-refractivity contribution is -0.122. The third-order valence-corrected chi connectivity index (χ3v) is 2.50. The molecule has 12 heavy (non-hydrogen) atoms. The van der Waals surface area contributed by atoms with Crippen LogP contribution in [0.15, 0.2) is 0 Å². The Morgan fingerprint density at radius 3 is 3.00 bits per heavy atom. The maximum Gasteiger partial charge on any atom is 0.235 e. The van der Waals surface area contributed by atoms with E-state index in [0.29, 0.717) is 12.5 Å². The van der Waals surface area contributed by atoms with Crippen molar-refractivity contribution < 1.29 is 4.79 Å². The number of rotatable bonds is 2. The summed E-state index contributed by atoms with van der Waals surface area (Å²) in [7, 11) is 2.06. The van der Waals surface area contributed by atoms with Gasteiger partial charge >= 0.3 is 0 Å². The van der Waals surface area contributed by atoms with Crippen LogP contribution >= 0.6 is 0 Å². The number of hydrazine groups is 1. The van der Waals surface area contributed by atoms with Gasteiger partial charge in [-0.1, -0.05) is 6.42 Å². The third-order valence-electron chi connectivity index (χ3n) is 2.50. The summed E-state index contributed by atoms with van der Waals surface area (Å²) < 4.78 is 0. The lowest BCUT2D eigenvalue weighted by Crippen LogP contribution is -2.41. The number of carbonyl (C=O) groups excluding carboxylic acids is 1. The zero-order valence-electron chi connectivity index (χ0n) is 7.55. The first-order chi connectivity index (χ1) is 5.74. The van der Waals surface area contributed by atoms with Gasteiger partial charge in [-0.3, -0.25) is 10.2 Å². The number of hydrogen-bond acceptors (Lipinski definition) is 3. The Morgan fingerprint density at radius 2 is 2.42 bits per heavy atom. The molecule has 4 nitrogen and oxygen atoms in total. The number of hydrogen-bond donors (Lipinski definition) is 2. The van der Waals surface area contributed by atoms with Gasteiger partial charge in [-0.05, 0) is 26.4 Å². The number of piperidine rings is 1. The van der Waals surface area contributed by atoms with E-state index in [9.17, 15) is 4.79 Å². The van der Waals surface area contributed by atoms with E-state index in [1.54, 1.807) is 0 Å². The predicted octanol–water partition coefficient (Wildman–Crippen LogP) is -0.149. The molecular weight excluding hydrogens is 154 g/mol. The highest BCUT2D eigenvalue weighted by molar-refractivity contribution is 5.75. The van der Waals surface area contributed by atoms with E-state index in [2.05, 4.69) is 17.4 Å². The topological polar surface area (TPSA) is 58.4 Å². The molecule has 1 amide bonds. The smallest absolute Gasteiger partial charge is 0.235 e. The van der Waals surface area contributed by atoms with Gasteiger partial charge in [0.2, 0.25) is 5.91 Å². The van der Waals surface area contributed by atoms with Crippen LogP contribution < -0.4 is 11.3 Å². The minimum Gasteiger partial charge on any atom is -0.303 e.